The zero-order valence-corrected chi connectivity index (χ0v) is 21.3. The summed E-state index contributed by atoms with van der Waals surface area (Å²) < 4.78 is 36.0. The predicted molar refractivity (Wildman–Crippen MR) is 129 cm³/mol. The van der Waals surface area contributed by atoms with Gasteiger partial charge in [0.25, 0.3) is 5.56 Å². The molecule has 3 N–H and O–H groups in total. The maximum absolute atomic E-state index is 13.4. The average molecular weight is 574 g/mol. The lowest BCUT2D eigenvalue weighted by Crippen LogP contribution is -2.36. The van der Waals surface area contributed by atoms with E-state index >= 15 is 0 Å². The fourth-order valence-corrected chi connectivity index (χ4v) is 5.07. The van der Waals surface area contributed by atoms with Gasteiger partial charge in [0.05, 0.1) is 25.4 Å². The molecule has 12 nitrogen and oxygen atoms in total. The number of benzene rings is 1. The smallest absolute Gasteiger partial charge is 0.459 e. The Kier molecular flexibility index (Phi) is 9.22. The summed E-state index contributed by atoms with van der Waals surface area (Å²) in [6, 6.07) is 7.15. The number of carbonyl (C=O) groups is 1. The Labute approximate surface area is 208 Å². The van der Waals surface area contributed by atoms with Crippen LogP contribution in [0.25, 0.3) is 6.08 Å². The lowest BCUT2D eigenvalue weighted by molar-refractivity contribution is -0.142. The second kappa shape index (κ2) is 11.9. The molecule has 2 heterocycles. The molecule has 0 saturated carbocycles. The number of methoxy groups -OCH3 is 1. The van der Waals surface area contributed by atoms with Crippen LogP contribution in [0.3, 0.4) is 0 Å². The minimum atomic E-state index is -4.14. The van der Waals surface area contributed by atoms with E-state index in [2.05, 4.69) is 30.7 Å². The number of aliphatic hydroxyl groups is 1. The summed E-state index contributed by atoms with van der Waals surface area (Å²) in [4.78, 5) is 39.7. The van der Waals surface area contributed by atoms with E-state index in [1.165, 1.54) is 31.3 Å². The lowest BCUT2D eigenvalue weighted by atomic mass is 10.2. The summed E-state index contributed by atoms with van der Waals surface area (Å²) in [5.41, 5.74) is -1.10. The monoisotopic (exact) mass is 573 g/mol. The second-order valence-electron chi connectivity index (χ2n) is 7.55. The average Bonchev–Trinajstić information content (AvgIpc) is 3.19. The first-order valence-electron chi connectivity index (χ1n) is 10.5. The number of aromatic nitrogens is 2. The van der Waals surface area contributed by atoms with Crippen molar-refractivity contribution in [1.82, 2.24) is 14.6 Å². The first-order valence-corrected chi connectivity index (χ1v) is 12.9. The first kappa shape index (κ1) is 27.1. The van der Waals surface area contributed by atoms with Crippen molar-refractivity contribution in [2.24, 2.45) is 0 Å². The third-order valence-corrected chi connectivity index (χ3v) is 6.94. The van der Waals surface area contributed by atoms with Crippen molar-refractivity contribution in [3.8, 4) is 5.75 Å². The van der Waals surface area contributed by atoms with E-state index < -0.39 is 56.0 Å². The number of carbonyl (C=O) groups excluding carboxylic acids is 1. The number of hydrogen-bond donors (Lipinski definition) is 3. The number of ether oxygens (including phenoxy) is 2. The number of H-pyrrole nitrogens is 1. The molecular weight excluding hydrogens is 549 g/mol. The summed E-state index contributed by atoms with van der Waals surface area (Å²) in [6.07, 6.45) is -0.224. The maximum Gasteiger partial charge on any atom is 0.459 e. The molecule has 190 valence electrons. The molecule has 1 aromatic carbocycles. The van der Waals surface area contributed by atoms with Crippen LogP contribution in [0.5, 0.6) is 5.75 Å². The summed E-state index contributed by atoms with van der Waals surface area (Å²) in [7, 11) is -2.95. The van der Waals surface area contributed by atoms with Gasteiger partial charge in [-0.2, -0.15) is 5.09 Å². The molecule has 1 saturated heterocycles. The fraction of sp³-hybridized carbons (Fsp3) is 0.381. The van der Waals surface area contributed by atoms with Crippen LogP contribution in [-0.4, -0.2) is 52.6 Å². The molecule has 1 aliphatic heterocycles. The molecule has 1 fully saturated rings. The van der Waals surface area contributed by atoms with Crippen molar-refractivity contribution in [1.29, 1.82) is 0 Å². The number of para-hydroxylation sites is 1. The first-order chi connectivity index (χ1) is 16.7. The Morgan fingerprint density at radius 3 is 2.77 bits per heavy atom. The van der Waals surface area contributed by atoms with Gasteiger partial charge in [-0.25, -0.2) is 9.36 Å². The van der Waals surface area contributed by atoms with Crippen molar-refractivity contribution >= 4 is 35.7 Å². The molecule has 3 rings (SSSR count). The quantitative estimate of drug-likeness (QED) is 0.283. The van der Waals surface area contributed by atoms with Gasteiger partial charge in [0.15, 0.2) is 0 Å². The lowest BCUT2D eigenvalue weighted by Gasteiger charge is -2.24. The highest BCUT2D eigenvalue weighted by molar-refractivity contribution is 9.11. The van der Waals surface area contributed by atoms with E-state index in [1.54, 1.807) is 30.3 Å². The molecule has 14 heteroatoms. The van der Waals surface area contributed by atoms with Crippen molar-refractivity contribution < 1.29 is 33.0 Å². The van der Waals surface area contributed by atoms with Gasteiger partial charge in [-0.1, -0.05) is 34.1 Å². The Morgan fingerprint density at radius 2 is 2.11 bits per heavy atom. The molecule has 0 radical (unpaired) electrons. The van der Waals surface area contributed by atoms with E-state index in [4.69, 9.17) is 13.8 Å². The van der Waals surface area contributed by atoms with Crippen LogP contribution >= 0.6 is 23.7 Å². The summed E-state index contributed by atoms with van der Waals surface area (Å²) in [5.74, 6) is -0.466. The van der Waals surface area contributed by atoms with Crippen LogP contribution < -0.4 is 20.9 Å². The van der Waals surface area contributed by atoms with Crippen molar-refractivity contribution in [3.63, 3.8) is 0 Å². The molecule has 0 amide bonds. The van der Waals surface area contributed by atoms with Crippen LogP contribution in [0.4, 0.5) is 0 Å². The molecule has 2 unspecified atom stereocenters. The Hall–Kier alpha value is -2.54. The van der Waals surface area contributed by atoms with E-state index in [9.17, 15) is 24.1 Å². The van der Waals surface area contributed by atoms with Gasteiger partial charge < -0.3 is 19.1 Å². The minimum absolute atomic E-state index is 0.00722. The molecule has 0 aliphatic carbocycles. The number of rotatable bonds is 10. The molecule has 35 heavy (non-hydrogen) atoms. The zero-order valence-electron chi connectivity index (χ0n) is 18.8. The Balaban J connectivity index is 1.75. The third kappa shape index (κ3) is 7.00. The number of nitrogens with one attached hydrogen (secondary N) is 2. The maximum atomic E-state index is 13.4. The SMILES string of the molecule is COC(=O)[C@@H](C)NP(=O)(OC[C@H]1OC(n2cc(/C=C/Br)c(=O)[nH]c2=O)C[C@@H]1O)Oc1ccccc1. The second-order valence-corrected chi connectivity index (χ2v) is 9.77. The number of aliphatic hydroxyl groups excluding tert-OH is 1. The van der Waals surface area contributed by atoms with Gasteiger partial charge in [0, 0.05) is 12.6 Å². The molecule has 1 aromatic heterocycles. The van der Waals surface area contributed by atoms with Crippen LogP contribution in [0.15, 0.2) is 51.1 Å². The summed E-state index contributed by atoms with van der Waals surface area (Å²) in [5, 5.41) is 13.0. The van der Waals surface area contributed by atoms with Gasteiger partial charge in [-0.05, 0) is 30.1 Å². The highest BCUT2D eigenvalue weighted by Crippen LogP contribution is 2.45. The number of hydrogen-bond acceptors (Lipinski definition) is 9. The summed E-state index contributed by atoms with van der Waals surface area (Å²) >= 11 is 3.08. The summed E-state index contributed by atoms with van der Waals surface area (Å²) in [6.45, 7) is 1.03. The topological polar surface area (TPSA) is 158 Å². The molecule has 0 spiro atoms. The van der Waals surface area contributed by atoms with Gasteiger partial charge in [0.2, 0.25) is 0 Å². The zero-order chi connectivity index (χ0) is 25.6. The van der Waals surface area contributed by atoms with Gasteiger partial charge >= 0.3 is 19.4 Å². The Bertz CT molecular complexity index is 1220. The molecule has 0 bridgehead atoms. The highest BCUT2D eigenvalue weighted by atomic mass is 79.9. The standard InChI is InChI=1S/C21H25BrN3O9P/c1-13(20(28)31-2)24-35(30,34-15-6-4-3-5-7-15)32-12-17-16(26)10-18(33-17)25-11-14(8-9-22)19(27)23-21(25)29/h3-9,11,13,16-18,26H,10,12H2,1-2H3,(H,24,30)(H,23,27,29)/b9-8+/t13-,16+,17-,18?,35?/m1/s1. The van der Waals surface area contributed by atoms with Crippen LogP contribution in [-0.2, 0) is 23.4 Å². The number of aromatic amines is 1. The van der Waals surface area contributed by atoms with E-state index in [0.717, 1.165) is 4.57 Å². The highest BCUT2D eigenvalue weighted by Gasteiger charge is 2.39. The molecular formula is C21H25BrN3O9P. The van der Waals surface area contributed by atoms with Crippen LogP contribution in [0, 0.1) is 0 Å². The normalized spacial score (nSPS) is 22.6. The predicted octanol–water partition coefficient (Wildman–Crippen LogP) is 1.91. The van der Waals surface area contributed by atoms with E-state index in [1.807, 2.05) is 0 Å². The van der Waals surface area contributed by atoms with Crippen molar-refractivity contribution in [2.45, 2.75) is 37.8 Å². The third-order valence-electron chi connectivity index (χ3n) is 5.04. The van der Waals surface area contributed by atoms with Crippen molar-refractivity contribution in [2.75, 3.05) is 13.7 Å². The van der Waals surface area contributed by atoms with E-state index in [-0.39, 0.29) is 17.7 Å². The molecule has 2 aromatic rings. The Morgan fingerprint density at radius 1 is 1.40 bits per heavy atom. The van der Waals surface area contributed by atoms with E-state index in [0.29, 0.717) is 0 Å². The van der Waals surface area contributed by atoms with Gasteiger partial charge in [-0.3, -0.25) is 23.7 Å². The van der Waals surface area contributed by atoms with Gasteiger partial charge in [0.1, 0.15) is 24.1 Å². The van der Waals surface area contributed by atoms with Gasteiger partial charge in [-0.15, -0.1) is 0 Å². The molecule has 1 aliphatic rings. The van der Waals surface area contributed by atoms with Crippen LogP contribution in [0.2, 0.25) is 0 Å². The number of nitrogens with zero attached hydrogens (tertiary/aromatic N) is 1. The molecule has 5 atom stereocenters. The minimum Gasteiger partial charge on any atom is -0.468 e. The fourth-order valence-electron chi connectivity index (χ4n) is 3.29. The number of esters is 1. The largest absolute Gasteiger partial charge is 0.468 e. The van der Waals surface area contributed by atoms with Crippen molar-refractivity contribution in [3.05, 3.63) is 67.9 Å². The number of halogens is 1. The van der Waals surface area contributed by atoms with Crippen LogP contribution in [0.1, 0.15) is 25.1 Å².